The van der Waals surface area contributed by atoms with E-state index in [4.69, 9.17) is 0 Å². The number of hydrogen-bond acceptors (Lipinski definition) is 3. The van der Waals surface area contributed by atoms with Crippen molar-refractivity contribution in [2.75, 3.05) is 13.1 Å². The normalized spacial score (nSPS) is 16.6. The molecule has 2 N–H and O–H groups in total. The molecule has 0 spiro atoms. The van der Waals surface area contributed by atoms with Crippen LogP contribution in [-0.2, 0) is 16.8 Å². The number of β-amino-alcohol motifs (C(OH)–C–C–N with tert-alkyl or cyclic N) is 1. The summed E-state index contributed by atoms with van der Waals surface area (Å²) in [6.45, 7) is 4.51. The number of H-pyrrole nitrogens is 1. The van der Waals surface area contributed by atoms with Crippen LogP contribution in [0.4, 0.5) is 0 Å². The highest BCUT2D eigenvalue weighted by Crippen LogP contribution is 2.32. The Kier molecular flexibility index (Phi) is 3.29. The van der Waals surface area contributed by atoms with Gasteiger partial charge in [0, 0.05) is 11.3 Å². The number of carbonyl (C=O) groups is 1. The first-order chi connectivity index (χ1) is 9.99. The Balaban J connectivity index is 1.65. The number of carbonyl (C=O) groups excluding carboxylic acids is 1. The fourth-order valence-electron chi connectivity index (χ4n) is 2.79. The van der Waals surface area contributed by atoms with E-state index in [1.807, 2.05) is 44.2 Å². The van der Waals surface area contributed by atoms with E-state index in [0.29, 0.717) is 19.5 Å². The molecule has 0 atom stereocenters. The number of aliphatic hydroxyl groups is 1. The van der Waals surface area contributed by atoms with E-state index in [9.17, 15) is 9.90 Å². The summed E-state index contributed by atoms with van der Waals surface area (Å²) in [5, 5.41) is 17.5. The van der Waals surface area contributed by atoms with Crippen molar-refractivity contribution < 1.29 is 9.90 Å². The summed E-state index contributed by atoms with van der Waals surface area (Å²) in [4.78, 5) is 14.0. The Bertz CT molecular complexity index is 638. The third-order valence-corrected chi connectivity index (χ3v) is 4.18. The number of rotatable bonds is 3. The monoisotopic (exact) mass is 285 g/mol. The third kappa shape index (κ3) is 2.45. The first-order valence-electron chi connectivity index (χ1n) is 7.06. The molecule has 2 heterocycles. The minimum absolute atomic E-state index is 0.0307. The summed E-state index contributed by atoms with van der Waals surface area (Å²) < 4.78 is 0. The Morgan fingerprint density at radius 3 is 2.57 bits per heavy atom. The van der Waals surface area contributed by atoms with Crippen LogP contribution in [0.3, 0.4) is 0 Å². The van der Waals surface area contributed by atoms with Gasteiger partial charge in [-0.3, -0.25) is 9.89 Å². The van der Waals surface area contributed by atoms with E-state index >= 15 is 0 Å². The third-order valence-electron chi connectivity index (χ3n) is 4.18. The molecule has 1 aliphatic rings. The smallest absolute Gasteiger partial charge is 0.227 e. The van der Waals surface area contributed by atoms with Crippen LogP contribution in [-0.4, -0.2) is 39.2 Å². The van der Waals surface area contributed by atoms with Gasteiger partial charge < -0.3 is 10.0 Å². The van der Waals surface area contributed by atoms with E-state index in [-0.39, 0.29) is 5.91 Å². The number of hydrogen-bond donors (Lipinski definition) is 2. The number of nitrogens with one attached hydrogen (secondary N) is 1. The molecule has 5 heteroatoms. The maximum Gasteiger partial charge on any atom is 0.227 e. The Morgan fingerprint density at radius 2 is 2.00 bits per heavy atom. The van der Waals surface area contributed by atoms with E-state index in [1.165, 1.54) is 0 Å². The minimum Gasteiger partial charge on any atom is -0.381 e. The highest BCUT2D eigenvalue weighted by molar-refractivity contribution is 5.80. The molecule has 3 rings (SSSR count). The van der Waals surface area contributed by atoms with Gasteiger partial charge in [-0.15, -0.1) is 0 Å². The van der Waals surface area contributed by atoms with Gasteiger partial charge in [0.05, 0.1) is 25.2 Å². The first-order valence-corrected chi connectivity index (χ1v) is 7.06. The van der Waals surface area contributed by atoms with Crippen LogP contribution in [0.2, 0.25) is 0 Å². The first kappa shape index (κ1) is 13.8. The van der Waals surface area contributed by atoms with Gasteiger partial charge in [0.2, 0.25) is 5.91 Å². The zero-order valence-electron chi connectivity index (χ0n) is 12.3. The lowest BCUT2D eigenvalue weighted by Gasteiger charge is -2.46. The fraction of sp³-hybridized carbons (Fsp3) is 0.375. The molecule has 1 saturated heterocycles. The summed E-state index contributed by atoms with van der Waals surface area (Å²) in [6.07, 6.45) is 0.332. The van der Waals surface area contributed by atoms with E-state index < -0.39 is 5.60 Å². The molecule has 1 aromatic heterocycles. The number of nitrogens with zero attached hydrogens (tertiary/aromatic N) is 2. The minimum atomic E-state index is -0.905. The van der Waals surface area contributed by atoms with Gasteiger partial charge in [-0.1, -0.05) is 30.3 Å². The molecular weight excluding hydrogens is 266 g/mol. The number of aromatic amines is 1. The second kappa shape index (κ2) is 5.00. The van der Waals surface area contributed by atoms with Crippen LogP contribution in [0.5, 0.6) is 0 Å². The van der Waals surface area contributed by atoms with Crippen LogP contribution in [0, 0.1) is 13.8 Å². The largest absolute Gasteiger partial charge is 0.381 e. The summed E-state index contributed by atoms with van der Waals surface area (Å²) in [6, 6.07) is 9.50. The Labute approximate surface area is 123 Å². The molecule has 1 fully saturated rings. The average molecular weight is 285 g/mol. The SMILES string of the molecule is Cc1n[nH]c(C)c1CC(=O)N1CC(O)(c2ccccc2)C1. The average Bonchev–Trinajstić information content (AvgIpc) is 2.76. The molecule has 1 amide bonds. The second-order valence-corrected chi connectivity index (χ2v) is 5.74. The number of aromatic nitrogens is 2. The summed E-state index contributed by atoms with van der Waals surface area (Å²) in [5.74, 6) is 0.0307. The molecule has 1 aromatic carbocycles. The molecule has 0 saturated carbocycles. The van der Waals surface area contributed by atoms with Crippen molar-refractivity contribution in [1.29, 1.82) is 0 Å². The lowest BCUT2D eigenvalue weighted by molar-refractivity contribution is -0.156. The van der Waals surface area contributed by atoms with Crippen LogP contribution in [0.15, 0.2) is 30.3 Å². The van der Waals surface area contributed by atoms with Crippen molar-refractivity contribution in [3.63, 3.8) is 0 Å². The molecule has 0 radical (unpaired) electrons. The second-order valence-electron chi connectivity index (χ2n) is 5.74. The molecule has 110 valence electrons. The van der Waals surface area contributed by atoms with Gasteiger partial charge in [-0.05, 0) is 19.4 Å². The maximum atomic E-state index is 12.3. The molecule has 5 nitrogen and oxygen atoms in total. The van der Waals surface area contributed by atoms with Crippen LogP contribution >= 0.6 is 0 Å². The molecular formula is C16H19N3O2. The lowest BCUT2D eigenvalue weighted by atomic mass is 9.86. The highest BCUT2D eigenvalue weighted by Gasteiger charge is 2.44. The molecule has 0 aliphatic carbocycles. The van der Waals surface area contributed by atoms with E-state index in [1.54, 1.807) is 4.90 Å². The number of amides is 1. The zero-order chi connectivity index (χ0) is 15.0. The molecule has 0 unspecified atom stereocenters. The van der Waals surface area contributed by atoms with E-state index in [2.05, 4.69) is 10.2 Å². The van der Waals surface area contributed by atoms with Crippen molar-refractivity contribution >= 4 is 5.91 Å². The molecule has 0 bridgehead atoms. The van der Waals surface area contributed by atoms with Crippen molar-refractivity contribution in [1.82, 2.24) is 15.1 Å². The summed E-state index contributed by atoms with van der Waals surface area (Å²) in [7, 11) is 0. The van der Waals surface area contributed by atoms with Crippen LogP contribution in [0.25, 0.3) is 0 Å². The molecule has 21 heavy (non-hydrogen) atoms. The van der Waals surface area contributed by atoms with Gasteiger partial charge in [-0.2, -0.15) is 5.10 Å². The fourth-order valence-corrected chi connectivity index (χ4v) is 2.79. The number of aryl methyl sites for hydroxylation is 2. The molecule has 2 aromatic rings. The van der Waals surface area contributed by atoms with Gasteiger partial charge in [0.25, 0.3) is 0 Å². The van der Waals surface area contributed by atoms with Gasteiger partial charge in [-0.25, -0.2) is 0 Å². The standard InChI is InChI=1S/C16H19N3O2/c1-11-14(12(2)18-17-11)8-15(20)19-9-16(21,10-19)13-6-4-3-5-7-13/h3-7,21H,8-10H2,1-2H3,(H,17,18). The predicted molar refractivity (Wildman–Crippen MR) is 78.7 cm³/mol. The Hall–Kier alpha value is -2.14. The number of likely N-dealkylation sites (tertiary alicyclic amines) is 1. The van der Waals surface area contributed by atoms with Crippen molar-refractivity contribution in [3.05, 3.63) is 52.8 Å². The Morgan fingerprint density at radius 1 is 1.33 bits per heavy atom. The highest BCUT2D eigenvalue weighted by atomic mass is 16.3. The maximum absolute atomic E-state index is 12.3. The van der Waals surface area contributed by atoms with Crippen molar-refractivity contribution in [3.8, 4) is 0 Å². The topological polar surface area (TPSA) is 69.2 Å². The predicted octanol–water partition coefficient (Wildman–Crippen LogP) is 1.30. The zero-order valence-corrected chi connectivity index (χ0v) is 12.3. The quantitative estimate of drug-likeness (QED) is 0.893. The van der Waals surface area contributed by atoms with Gasteiger partial charge in [0.15, 0.2) is 0 Å². The van der Waals surface area contributed by atoms with Crippen molar-refractivity contribution in [2.24, 2.45) is 0 Å². The van der Waals surface area contributed by atoms with Gasteiger partial charge >= 0.3 is 0 Å². The van der Waals surface area contributed by atoms with E-state index in [0.717, 1.165) is 22.5 Å². The molecule has 1 aliphatic heterocycles. The summed E-state index contributed by atoms with van der Waals surface area (Å²) in [5.41, 5.74) is 2.71. The summed E-state index contributed by atoms with van der Waals surface area (Å²) >= 11 is 0. The number of benzene rings is 1. The van der Waals surface area contributed by atoms with Crippen LogP contribution < -0.4 is 0 Å². The lowest BCUT2D eigenvalue weighted by Crippen LogP contribution is -2.61. The van der Waals surface area contributed by atoms with Crippen LogP contribution in [0.1, 0.15) is 22.5 Å². The van der Waals surface area contributed by atoms with Gasteiger partial charge in [0.1, 0.15) is 5.60 Å². The van der Waals surface area contributed by atoms with Crippen molar-refractivity contribution in [2.45, 2.75) is 25.9 Å².